The van der Waals surface area contributed by atoms with Crippen molar-refractivity contribution in [2.75, 3.05) is 25.0 Å². The average molecular weight is 508 g/mol. The molecule has 4 aromatic rings. The van der Waals surface area contributed by atoms with Crippen LogP contribution in [0.25, 0.3) is 22.2 Å². The van der Waals surface area contributed by atoms with Crippen LogP contribution >= 0.6 is 0 Å². The summed E-state index contributed by atoms with van der Waals surface area (Å²) in [5.74, 6) is 1.33. The number of aromatic nitrogens is 3. The first-order valence-electron chi connectivity index (χ1n) is 12.7. The van der Waals surface area contributed by atoms with Crippen LogP contribution in [-0.4, -0.2) is 39.5 Å². The van der Waals surface area contributed by atoms with Crippen molar-refractivity contribution < 1.29 is 13.2 Å². The third-order valence-electron chi connectivity index (χ3n) is 6.12. The number of halogens is 3. The Morgan fingerprint density at radius 3 is 2.35 bits per heavy atom. The van der Waals surface area contributed by atoms with Gasteiger partial charge in [0.25, 0.3) is 0 Å². The maximum atomic E-state index is 13.7. The summed E-state index contributed by atoms with van der Waals surface area (Å²) in [5, 5.41) is 4.21. The summed E-state index contributed by atoms with van der Waals surface area (Å²) < 4.78 is 41.0. The minimum Gasteiger partial charge on any atom is -0.369 e. The monoisotopic (exact) mass is 507 g/mol. The molecule has 37 heavy (non-hydrogen) atoms. The predicted octanol–water partition coefficient (Wildman–Crippen LogP) is 6.99. The molecule has 0 bridgehead atoms. The highest BCUT2D eigenvalue weighted by Crippen LogP contribution is 2.36. The van der Waals surface area contributed by atoms with Crippen LogP contribution in [0.4, 0.5) is 19.0 Å². The first-order chi connectivity index (χ1) is 17.9. The van der Waals surface area contributed by atoms with Gasteiger partial charge in [0.15, 0.2) is 0 Å². The van der Waals surface area contributed by atoms with Crippen molar-refractivity contribution >= 4 is 16.7 Å². The topological polar surface area (TPSA) is 53.9 Å². The van der Waals surface area contributed by atoms with Crippen molar-refractivity contribution in [3.8, 4) is 11.3 Å². The van der Waals surface area contributed by atoms with Gasteiger partial charge in [0.1, 0.15) is 11.6 Å². The lowest BCUT2D eigenvalue weighted by molar-refractivity contribution is -0.137. The smallest absolute Gasteiger partial charge is 0.369 e. The third-order valence-corrected chi connectivity index (χ3v) is 6.12. The van der Waals surface area contributed by atoms with Crippen LogP contribution in [-0.2, 0) is 19.1 Å². The van der Waals surface area contributed by atoms with Crippen LogP contribution in [0.15, 0.2) is 66.9 Å². The van der Waals surface area contributed by atoms with E-state index in [1.165, 1.54) is 17.8 Å². The van der Waals surface area contributed by atoms with Gasteiger partial charge in [-0.05, 0) is 62.2 Å². The Hall–Kier alpha value is -3.52. The minimum atomic E-state index is -4.50. The summed E-state index contributed by atoms with van der Waals surface area (Å²) in [4.78, 5) is 16.0. The lowest BCUT2D eigenvalue weighted by Gasteiger charge is -2.21. The van der Waals surface area contributed by atoms with E-state index in [4.69, 9.17) is 9.97 Å². The van der Waals surface area contributed by atoms with Crippen LogP contribution in [0.3, 0.4) is 0 Å². The van der Waals surface area contributed by atoms with Crippen LogP contribution in [0.2, 0.25) is 0 Å². The molecule has 0 spiro atoms. The molecule has 0 radical (unpaired) electrons. The SMILES string of the molecule is CCCN(CCC)Cc1nc(NCCc2ccccc2)c2ccc(-c3ncccc3C(F)(F)F)cc2n1. The van der Waals surface area contributed by atoms with Crippen molar-refractivity contribution in [1.29, 1.82) is 0 Å². The Labute approximate surface area is 215 Å². The number of hydrogen-bond donors (Lipinski definition) is 1. The van der Waals surface area contributed by atoms with Crippen molar-refractivity contribution in [3.05, 3.63) is 83.8 Å². The van der Waals surface area contributed by atoms with Gasteiger partial charge < -0.3 is 5.32 Å². The van der Waals surface area contributed by atoms with Crippen LogP contribution < -0.4 is 5.32 Å². The van der Waals surface area contributed by atoms with E-state index in [2.05, 4.69) is 41.2 Å². The van der Waals surface area contributed by atoms with Gasteiger partial charge >= 0.3 is 6.18 Å². The van der Waals surface area contributed by atoms with Gasteiger partial charge in [0.2, 0.25) is 0 Å². The Balaban J connectivity index is 1.72. The Kier molecular flexibility index (Phi) is 8.71. The van der Waals surface area contributed by atoms with E-state index in [1.54, 1.807) is 18.2 Å². The molecule has 0 aliphatic carbocycles. The number of rotatable bonds is 11. The van der Waals surface area contributed by atoms with Crippen LogP contribution in [0.5, 0.6) is 0 Å². The fourth-order valence-electron chi connectivity index (χ4n) is 4.47. The number of anilines is 1. The highest BCUT2D eigenvalue weighted by Gasteiger charge is 2.34. The van der Waals surface area contributed by atoms with Gasteiger partial charge in [-0.1, -0.05) is 50.2 Å². The quantitative estimate of drug-likeness (QED) is 0.237. The van der Waals surface area contributed by atoms with Gasteiger partial charge in [-0.3, -0.25) is 9.88 Å². The normalized spacial score (nSPS) is 11.8. The summed E-state index contributed by atoms with van der Waals surface area (Å²) in [7, 11) is 0. The first kappa shape index (κ1) is 26.5. The maximum Gasteiger partial charge on any atom is 0.418 e. The highest BCUT2D eigenvalue weighted by atomic mass is 19.4. The summed E-state index contributed by atoms with van der Waals surface area (Å²) in [5.41, 5.74) is 1.31. The molecule has 4 rings (SSSR count). The number of hydrogen-bond acceptors (Lipinski definition) is 5. The van der Waals surface area contributed by atoms with Crippen LogP contribution in [0, 0.1) is 0 Å². The molecule has 0 amide bonds. The Morgan fingerprint density at radius 1 is 0.892 bits per heavy atom. The lowest BCUT2D eigenvalue weighted by atomic mass is 10.0. The zero-order chi connectivity index (χ0) is 26.3. The van der Waals surface area contributed by atoms with Crippen molar-refractivity contribution in [2.45, 2.75) is 45.8 Å². The molecule has 2 aromatic heterocycles. The average Bonchev–Trinajstić information content (AvgIpc) is 2.89. The maximum absolute atomic E-state index is 13.7. The van der Waals surface area contributed by atoms with Gasteiger partial charge in [-0.25, -0.2) is 9.97 Å². The van der Waals surface area contributed by atoms with Crippen molar-refractivity contribution in [3.63, 3.8) is 0 Å². The third kappa shape index (κ3) is 6.83. The zero-order valence-electron chi connectivity index (χ0n) is 21.2. The highest BCUT2D eigenvalue weighted by molar-refractivity contribution is 5.92. The lowest BCUT2D eigenvalue weighted by Crippen LogP contribution is -2.26. The Bertz CT molecular complexity index is 1300. The molecule has 1 N–H and O–H groups in total. The van der Waals surface area contributed by atoms with Gasteiger partial charge in [0.05, 0.1) is 23.3 Å². The first-order valence-corrected chi connectivity index (χ1v) is 12.7. The van der Waals surface area contributed by atoms with Crippen LogP contribution in [0.1, 0.15) is 43.6 Å². The molecule has 0 saturated carbocycles. The fourth-order valence-corrected chi connectivity index (χ4v) is 4.47. The molecule has 8 heteroatoms. The van der Waals surface area contributed by atoms with E-state index < -0.39 is 11.7 Å². The standard InChI is InChI=1S/C29H32F3N5/c1-3-17-37(18-4-2)20-26-35-25-19-22(27-24(29(30,31)32)11-8-15-33-27)12-13-23(25)28(36-26)34-16-14-21-9-6-5-7-10-21/h5-13,15,19H,3-4,14,16-18,20H2,1-2H3,(H,34,35,36). The van der Waals surface area contributed by atoms with E-state index in [-0.39, 0.29) is 5.69 Å². The summed E-state index contributed by atoms with van der Waals surface area (Å²) in [6.45, 7) is 7.37. The molecule has 5 nitrogen and oxygen atoms in total. The second-order valence-corrected chi connectivity index (χ2v) is 9.06. The second-order valence-electron chi connectivity index (χ2n) is 9.06. The number of alkyl halides is 3. The zero-order valence-corrected chi connectivity index (χ0v) is 21.2. The number of pyridine rings is 1. The molecule has 194 valence electrons. The molecule has 2 heterocycles. The van der Waals surface area contributed by atoms with Gasteiger partial charge in [-0.15, -0.1) is 0 Å². The molecular weight excluding hydrogens is 475 g/mol. The molecule has 2 aromatic carbocycles. The Morgan fingerprint density at radius 2 is 1.65 bits per heavy atom. The van der Waals surface area contributed by atoms with Gasteiger partial charge in [-0.2, -0.15) is 13.2 Å². The van der Waals surface area contributed by atoms with E-state index in [1.807, 2.05) is 18.2 Å². The molecule has 0 saturated heterocycles. The summed E-state index contributed by atoms with van der Waals surface area (Å²) in [6, 6.07) is 17.7. The molecule has 0 aliphatic heterocycles. The number of fused-ring (bicyclic) bond motifs is 1. The van der Waals surface area contributed by atoms with E-state index in [0.29, 0.717) is 35.8 Å². The molecule has 0 unspecified atom stereocenters. The number of nitrogens with zero attached hydrogens (tertiary/aromatic N) is 4. The van der Waals surface area contributed by atoms with Gasteiger partial charge in [0, 0.05) is 23.7 Å². The largest absolute Gasteiger partial charge is 0.418 e. The molecule has 0 atom stereocenters. The van der Waals surface area contributed by atoms with E-state index >= 15 is 0 Å². The molecule has 0 aliphatic rings. The second kappa shape index (κ2) is 12.1. The molecule has 0 fully saturated rings. The number of benzene rings is 2. The van der Waals surface area contributed by atoms with Crippen molar-refractivity contribution in [1.82, 2.24) is 19.9 Å². The minimum absolute atomic E-state index is 0.103. The number of nitrogens with one attached hydrogen (secondary N) is 1. The van der Waals surface area contributed by atoms with Crippen molar-refractivity contribution in [2.24, 2.45) is 0 Å². The summed E-state index contributed by atoms with van der Waals surface area (Å²) in [6.07, 6.45) is -0.273. The fraction of sp³-hybridized carbons (Fsp3) is 0.345. The van der Waals surface area contributed by atoms with E-state index in [0.717, 1.165) is 43.8 Å². The predicted molar refractivity (Wildman–Crippen MR) is 142 cm³/mol. The van der Waals surface area contributed by atoms with E-state index in [9.17, 15) is 13.2 Å². The molecular formula is C29H32F3N5. The summed E-state index contributed by atoms with van der Waals surface area (Å²) >= 11 is 0.